The van der Waals surface area contributed by atoms with Crippen molar-refractivity contribution in [2.45, 2.75) is 0 Å². The Balaban J connectivity index is 0. The van der Waals surface area contributed by atoms with Gasteiger partial charge in [0, 0.05) is 0 Å². The molecule has 0 unspecified atom stereocenters. The SMILES string of the molecule is O.O.O.[F-].[F-].[F-].[V+2]. The van der Waals surface area contributed by atoms with Gasteiger partial charge in [-0.15, -0.1) is 0 Å². The Bertz CT molecular complexity index is 10.1. The molecule has 0 atom stereocenters. The quantitative estimate of drug-likeness (QED) is 0.338. The molecule has 0 aliphatic heterocycles. The fourth-order valence-corrected chi connectivity index (χ4v) is 0. The molecule has 0 rings (SSSR count). The second-order valence-corrected chi connectivity index (χ2v) is 0. The third kappa shape index (κ3) is 1750. The Hall–Kier alpha value is 0.254. The molecule has 0 fully saturated rings. The summed E-state index contributed by atoms with van der Waals surface area (Å²) in [6, 6.07) is 0. The van der Waals surface area contributed by atoms with Gasteiger partial charge in [0.25, 0.3) is 0 Å². The normalized spacial score (nSPS) is 0. The molecule has 0 saturated heterocycles. The van der Waals surface area contributed by atoms with Crippen LogP contribution in [-0.2, 0) is 18.6 Å². The first-order valence-electron chi connectivity index (χ1n) is 0. The first-order chi connectivity index (χ1) is 0. The smallest absolute Gasteiger partial charge is 1.00 e. The van der Waals surface area contributed by atoms with Crippen LogP contribution in [0, 0.1) is 0 Å². The zero-order valence-corrected chi connectivity index (χ0v) is 4.48. The Morgan fingerprint density at radius 2 is 0.429 bits per heavy atom. The molecule has 0 aliphatic rings. The summed E-state index contributed by atoms with van der Waals surface area (Å²) >= 11 is 0. The predicted octanol–water partition coefficient (Wildman–Crippen LogP) is -11.5. The maximum atomic E-state index is 0. The molecule has 0 spiro atoms. The van der Waals surface area contributed by atoms with Gasteiger partial charge in [-0.2, -0.15) is 0 Å². The Kier molecular flexibility index (Phi) is 1670000. The van der Waals surface area contributed by atoms with E-state index in [4.69, 9.17) is 0 Å². The van der Waals surface area contributed by atoms with E-state index < -0.39 is 0 Å². The van der Waals surface area contributed by atoms with Crippen LogP contribution in [0.15, 0.2) is 0 Å². The average Bonchev–Trinajstić information content (AvgIpc) is 0. The maximum Gasteiger partial charge on any atom is 2.00 e. The minimum atomic E-state index is 0. The van der Waals surface area contributed by atoms with Gasteiger partial charge in [0.05, 0.1) is 0 Å². The van der Waals surface area contributed by atoms with Gasteiger partial charge in [-0.05, 0) is 0 Å². The molecule has 0 aromatic carbocycles. The second kappa shape index (κ2) is 2670. The number of hydrogen-bond acceptors (Lipinski definition) is 0. The molecule has 0 aromatic heterocycles. The van der Waals surface area contributed by atoms with Crippen LogP contribution in [0.1, 0.15) is 0 Å². The Labute approximate surface area is 50.0 Å². The molecule has 0 amide bonds. The summed E-state index contributed by atoms with van der Waals surface area (Å²) < 4.78 is 0. The van der Waals surface area contributed by atoms with Gasteiger partial charge in [-0.1, -0.05) is 0 Å². The molecule has 0 saturated carbocycles. The van der Waals surface area contributed by atoms with Crippen molar-refractivity contribution in [3.05, 3.63) is 0 Å². The zero-order chi connectivity index (χ0) is 0. The number of rotatable bonds is 0. The van der Waals surface area contributed by atoms with Crippen molar-refractivity contribution >= 4 is 0 Å². The molecular formula is H6F3O3V-. The van der Waals surface area contributed by atoms with Crippen LogP contribution < -0.4 is 14.1 Å². The van der Waals surface area contributed by atoms with Crippen molar-refractivity contribution in [3.63, 3.8) is 0 Å². The first kappa shape index (κ1) is 4380. The molecular weight excluding hydrogens is 156 g/mol. The van der Waals surface area contributed by atoms with Crippen LogP contribution in [0.25, 0.3) is 0 Å². The van der Waals surface area contributed by atoms with E-state index in [0.29, 0.717) is 0 Å². The largest absolute Gasteiger partial charge is 2.00 e. The molecule has 7 heteroatoms. The summed E-state index contributed by atoms with van der Waals surface area (Å²) in [6.45, 7) is 0. The summed E-state index contributed by atoms with van der Waals surface area (Å²) in [7, 11) is 0. The standard InChI is InChI=1S/3FH.3H2O.V/h3*1H;3*1H2;/q;;;;;;+2/p-3. The summed E-state index contributed by atoms with van der Waals surface area (Å²) in [5.74, 6) is 0. The Morgan fingerprint density at radius 3 is 0.429 bits per heavy atom. The van der Waals surface area contributed by atoms with Crippen LogP contribution in [0.3, 0.4) is 0 Å². The average molecular weight is 162 g/mol. The molecule has 0 aromatic rings. The van der Waals surface area contributed by atoms with E-state index >= 15 is 0 Å². The summed E-state index contributed by atoms with van der Waals surface area (Å²) in [4.78, 5) is 0. The maximum absolute atomic E-state index is 0. The summed E-state index contributed by atoms with van der Waals surface area (Å²) in [6.07, 6.45) is 0. The van der Waals surface area contributed by atoms with Gasteiger partial charge in [-0.25, -0.2) is 0 Å². The van der Waals surface area contributed by atoms with Gasteiger partial charge in [0.2, 0.25) is 0 Å². The molecule has 3 nitrogen and oxygen atoms in total. The minimum Gasteiger partial charge on any atom is -1.00 e. The van der Waals surface area contributed by atoms with Crippen LogP contribution in [0.2, 0.25) is 0 Å². The third-order valence-corrected chi connectivity index (χ3v) is 0. The molecule has 6 N–H and O–H groups in total. The molecule has 51 valence electrons. The molecule has 0 bridgehead atoms. The summed E-state index contributed by atoms with van der Waals surface area (Å²) in [5.41, 5.74) is 0. The fourth-order valence-electron chi connectivity index (χ4n) is 0. The van der Waals surface area contributed by atoms with E-state index in [0.717, 1.165) is 0 Å². The number of halogens is 3. The molecule has 7 heavy (non-hydrogen) atoms. The van der Waals surface area contributed by atoms with Crippen LogP contribution >= 0.6 is 0 Å². The van der Waals surface area contributed by atoms with Gasteiger partial charge >= 0.3 is 18.6 Å². The monoisotopic (exact) mass is 162 g/mol. The molecule has 0 aliphatic carbocycles. The van der Waals surface area contributed by atoms with E-state index in [9.17, 15) is 0 Å². The fraction of sp³-hybridized carbons (Fsp3) is 0. The van der Waals surface area contributed by atoms with Gasteiger partial charge in [0.1, 0.15) is 0 Å². The van der Waals surface area contributed by atoms with Crippen LogP contribution in [0.5, 0.6) is 0 Å². The summed E-state index contributed by atoms with van der Waals surface area (Å²) in [5, 5.41) is 0. The second-order valence-electron chi connectivity index (χ2n) is 0. The van der Waals surface area contributed by atoms with Crippen molar-refractivity contribution < 1.29 is 49.1 Å². The van der Waals surface area contributed by atoms with E-state index in [1.807, 2.05) is 0 Å². The van der Waals surface area contributed by atoms with Crippen LogP contribution in [-0.4, -0.2) is 16.4 Å². The van der Waals surface area contributed by atoms with Crippen molar-refractivity contribution in [3.8, 4) is 0 Å². The third-order valence-electron chi connectivity index (χ3n) is 0. The zero-order valence-electron chi connectivity index (χ0n) is 3.08. The van der Waals surface area contributed by atoms with Gasteiger partial charge < -0.3 is 30.5 Å². The first-order valence-corrected chi connectivity index (χ1v) is 0. The van der Waals surface area contributed by atoms with Crippen molar-refractivity contribution in [2.75, 3.05) is 0 Å². The minimum absolute atomic E-state index is 0. The van der Waals surface area contributed by atoms with E-state index in [1.165, 1.54) is 0 Å². The van der Waals surface area contributed by atoms with Gasteiger partial charge in [0.15, 0.2) is 0 Å². The van der Waals surface area contributed by atoms with Crippen molar-refractivity contribution in [1.29, 1.82) is 0 Å². The molecule has 0 heterocycles. The van der Waals surface area contributed by atoms with Gasteiger partial charge in [-0.3, -0.25) is 0 Å². The van der Waals surface area contributed by atoms with E-state index in [-0.39, 0.29) is 49.1 Å². The number of hydrogen-bond donors (Lipinski definition) is 0. The van der Waals surface area contributed by atoms with Crippen LogP contribution in [0.4, 0.5) is 0 Å². The van der Waals surface area contributed by atoms with E-state index in [1.54, 1.807) is 0 Å². The topological polar surface area (TPSA) is 94.5 Å². The van der Waals surface area contributed by atoms with Crippen molar-refractivity contribution in [2.24, 2.45) is 0 Å². The van der Waals surface area contributed by atoms with Crippen molar-refractivity contribution in [1.82, 2.24) is 0 Å². The Morgan fingerprint density at radius 1 is 0.429 bits per heavy atom. The predicted molar refractivity (Wildman–Crippen MR) is 10.8 cm³/mol. The molecule has 1 radical (unpaired) electrons. The van der Waals surface area contributed by atoms with E-state index in [2.05, 4.69) is 0 Å².